The Kier molecular flexibility index (Phi) is 5.12. The van der Waals surface area contributed by atoms with E-state index in [-0.39, 0.29) is 12.1 Å². The number of hydrogen-bond donors (Lipinski definition) is 0. The summed E-state index contributed by atoms with van der Waals surface area (Å²) in [7, 11) is 0. The molecule has 0 bridgehead atoms. The van der Waals surface area contributed by atoms with Gasteiger partial charge in [0.15, 0.2) is 0 Å². The van der Waals surface area contributed by atoms with Gasteiger partial charge in [-0.05, 0) is 26.0 Å². The second kappa shape index (κ2) is 6.60. The van der Waals surface area contributed by atoms with Gasteiger partial charge in [-0.15, -0.1) is 0 Å². The second-order valence-corrected chi connectivity index (χ2v) is 3.56. The fraction of sp³-hybridized carbons (Fsp3) is 0.385. The fourth-order valence-corrected chi connectivity index (χ4v) is 1.62. The Hall–Kier alpha value is -2.09. The van der Waals surface area contributed by atoms with Crippen molar-refractivity contribution in [2.24, 2.45) is 0 Å². The molecule has 0 aliphatic carbocycles. The van der Waals surface area contributed by atoms with Gasteiger partial charge in [0.1, 0.15) is 24.0 Å². The number of rotatable bonds is 5. The molecule has 4 nitrogen and oxygen atoms in total. The number of esters is 1. The highest BCUT2D eigenvalue weighted by molar-refractivity contribution is 5.77. The van der Waals surface area contributed by atoms with Crippen molar-refractivity contribution in [3.05, 3.63) is 29.6 Å². The predicted octanol–water partition coefficient (Wildman–Crippen LogP) is 2.09. The Bertz CT molecular complexity index is 469. The third-order valence-electron chi connectivity index (χ3n) is 2.45. The summed E-state index contributed by atoms with van der Waals surface area (Å²) in [6.45, 7) is 4.33. The average Bonchev–Trinajstić information content (AvgIpc) is 2.36. The minimum atomic E-state index is -0.586. The number of anilines is 1. The second-order valence-electron chi connectivity index (χ2n) is 3.56. The van der Waals surface area contributed by atoms with Gasteiger partial charge < -0.3 is 9.64 Å². The highest BCUT2D eigenvalue weighted by atomic mass is 19.1. The van der Waals surface area contributed by atoms with E-state index in [4.69, 9.17) is 10.00 Å². The molecule has 0 saturated carbocycles. The zero-order chi connectivity index (χ0) is 13.5. The third-order valence-corrected chi connectivity index (χ3v) is 2.45. The minimum absolute atomic E-state index is 0.00245. The van der Waals surface area contributed by atoms with Gasteiger partial charge in [-0.1, -0.05) is 6.07 Å². The zero-order valence-corrected chi connectivity index (χ0v) is 10.4. The number of ether oxygens (including phenoxy) is 1. The lowest BCUT2D eigenvalue weighted by molar-refractivity contribution is -0.141. The molecule has 0 unspecified atom stereocenters. The third kappa shape index (κ3) is 3.20. The Morgan fingerprint density at radius 2 is 2.22 bits per heavy atom. The molecule has 0 aliphatic heterocycles. The van der Waals surface area contributed by atoms with Crippen LogP contribution in [0.2, 0.25) is 0 Å². The number of hydrogen-bond acceptors (Lipinski definition) is 4. The fourth-order valence-electron chi connectivity index (χ4n) is 1.62. The molecule has 0 fully saturated rings. The molecule has 0 heterocycles. The summed E-state index contributed by atoms with van der Waals surface area (Å²) in [5, 5.41) is 8.95. The summed E-state index contributed by atoms with van der Waals surface area (Å²) in [5.74, 6) is -0.982. The first kappa shape index (κ1) is 14.0. The molecule has 1 aromatic carbocycles. The predicted molar refractivity (Wildman–Crippen MR) is 65.6 cm³/mol. The first-order valence-electron chi connectivity index (χ1n) is 5.73. The van der Waals surface area contributed by atoms with Crippen LogP contribution < -0.4 is 4.90 Å². The average molecular weight is 250 g/mol. The van der Waals surface area contributed by atoms with Crippen LogP contribution in [0.15, 0.2) is 18.2 Å². The minimum Gasteiger partial charge on any atom is -0.465 e. The molecule has 0 aliphatic rings. The molecule has 5 heteroatoms. The summed E-state index contributed by atoms with van der Waals surface area (Å²) < 4.78 is 18.3. The van der Waals surface area contributed by atoms with Crippen molar-refractivity contribution in [2.75, 3.05) is 24.6 Å². The van der Waals surface area contributed by atoms with Crippen molar-refractivity contribution in [1.82, 2.24) is 0 Å². The lowest BCUT2D eigenvalue weighted by Gasteiger charge is -2.23. The van der Waals surface area contributed by atoms with E-state index in [1.807, 2.05) is 13.0 Å². The Labute approximate surface area is 106 Å². The topological polar surface area (TPSA) is 53.3 Å². The van der Waals surface area contributed by atoms with Crippen LogP contribution >= 0.6 is 0 Å². The highest BCUT2D eigenvalue weighted by Gasteiger charge is 2.16. The Balaban J connectivity index is 2.99. The van der Waals surface area contributed by atoms with Gasteiger partial charge in [-0.2, -0.15) is 5.26 Å². The first-order chi connectivity index (χ1) is 8.63. The number of nitrogens with zero attached hydrogens (tertiary/aromatic N) is 2. The van der Waals surface area contributed by atoms with Gasteiger partial charge in [0.2, 0.25) is 0 Å². The van der Waals surface area contributed by atoms with Gasteiger partial charge in [0, 0.05) is 6.54 Å². The molecule has 0 saturated heterocycles. The quantitative estimate of drug-likeness (QED) is 0.751. The van der Waals surface area contributed by atoms with E-state index in [0.29, 0.717) is 18.8 Å². The van der Waals surface area contributed by atoms with Crippen molar-refractivity contribution in [3.8, 4) is 6.07 Å². The Morgan fingerprint density at radius 1 is 1.50 bits per heavy atom. The smallest absolute Gasteiger partial charge is 0.325 e. The number of carbonyl (C=O) groups excluding carboxylic acids is 1. The van der Waals surface area contributed by atoms with E-state index in [0.717, 1.165) is 0 Å². The summed E-state index contributed by atoms with van der Waals surface area (Å²) in [6, 6.07) is 6.17. The van der Waals surface area contributed by atoms with E-state index < -0.39 is 11.8 Å². The van der Waals surface area contributed by atoms with E-state index in [2.05, 4.69) is 0 Å². The molecule has 0 amide bonds. The van der Waals surface area contributed by atoms with E-state index in [9.17, 15) is 9.18 Å². The standard InChI is InChI=1S/C13H15FN2O2/c1-3-16(9-13(17)18-4-2)12-7-5-6-11(14)10(12)8-15/h5-7H,3-4,9H2,1-2H3. The lowest BCUT2D eigenvalue weighted by atomic mass is 10.1. The maximum Gasteiger partial charge on any atom is 0.325 e. The van der Waals surface area contributed by atoms with Crippen LogP contribution in [0, 0.1) is 17.1 Å². The van der Waals surface area contributed by atoms with Crippen LogP contribution in [0.3, 0.4) is 0 Å². The summed E-state index contributed by atoms with van der Waals surface area (Å²) in [4.78, 5) is 13.0. The number of nitriles is 1. The number of carbonyl (C=O) groups is 1. The molecule has 0 atom stereocenters. The van der Waals surface area contributed by atoms with Crippen molar-refractivity contribution in [3.63, 3.8) is 0 Å². The van der Waals surface area contributed by atoms with Crippen molar-refractivity contribution >= 4 is 11.7 Å². The van der Waals surface area contributed by atoms with Gasteiger partial charge in [0.25, 0.3) is 0 Å². The number of halogens is 1. The van der Waals surface area contributed by atoms with Crippen LogP contribution in [-0.4, -0.2) is 25.7 Å². The maximum absolute atomic E-state index is 13.5. The summed E-state index contributed by atoms with van der Waals surface area (Å²) in [5.41, 5.74) is 0.358. The first-order valence-corrected chi connectivity index (χ1v) is 5.73. The number of likely N-dealkylation sites (N-methyl/N-ethyl adjacent to an activating group) is 1. The van der Waals surface area contributed by atoms with E-state index >= 15 is 0 Å². The molecule has 0 spiro atoms. The summed E-state index contributed by atoms with van der Waals surface area (Å²) >= 11 is 0. The lowest BCUT2D eigenvalue weighted by Crippen LogP contribution is -2.31. The van der Waals surface area contributed by atoms with Crippen molar-refractivity contribution in [2.45, 2.75) is 13.8 Å². The van der Waals surface area contributed by atoms with Crippen LogP contribution in [-0.2, 0) is 9.53 Å². The van der Waals surface area contributed by atoms with E-state index in [1.165, 1.54) is 12.1 Å². The van der Waals surface area contributed by atoms with Crippen molar-refractivity contribution in [1.29, 1.82) is 5.26 Å². The van der Waals surface area contributed by atoms with E-state index in [1.54, 1.807) is 17.9 Å². The SMILES string of the molecule is CCOC(=O)CN(CC)c1cccc(F)c1C#N. The largest absolute Gasteiger partial charge is 0.465 e. The molecule has 96 valence electrons. The van der Waals surface area contributed by atoms with Crippen LogP contribution in [0.5, 0.6) is 0 Å². The number of benzene rings is 1. The molecule has 1 rings (SSSR count). The van der Waals surface area contributed by atoms with Gasteiger partial charge in [-0.3, -0.25) is 4.79 Å². The van der Waals surface area contributed by atoms with Crippen LogP contribution in [0.25, 0.3) is 0 Å². The van der Waals surface area contributed by atoms with Gasteiger partial charge in [-0.25, -0.2) is 4.39 Å². The molecule has 1 aromatic rings. The van der Waals surface area contributed by atoms with Gasteiger partial charge in [0.05, 0.1) is 12.3 Å². The molecule has 0 radical (unpaired) electrons. The highest BCUT2D eigenvalue weighted by Crippen LogP contribution is 2.22. The molecule has 18 heavy (non-hydrogen) atoms. The summed E-state index contributed by atoms with van der Waals surface area (Å²) in [6.07, 6.45) is 0. The van der Waals surface area contributed by atoms with Crippen molar-refractivity contribution < 1.29 is 13.9 Å². The normalized spacial score (nSPS) is 9.67. The maximum atomic E-state index is 13.5. The van der Waals surface area contributed by atoms with Crippen LogP contribution in [0.1, 0.15) is 19.4 Å². The van der Waals surface area contributed by atoms with Crippen LogP contribution in [0.4, 0.5) is 10.1 Å². The molecule has 0 N–H and O–H groups in total. The van der Waals surface area contributed by atoms with Gasteiger partial charge >= 0.3 is 5.97 Å². The Morgan fingerprint density at radius 3 is 2.78 bits per heavy atom. The molecular weight excluding hydrogens is 235 g/mol. The zero-order valence-electron chi connectivity index (χ0n) is 10.4. The molecule has 0 aromatic heterocycles. The monoisotopic (exact) mass is 250 g/mol. The molecular formula is C13H15FN2O2.